The number of benzene rings is 2. The van der Waals surface area contributed by atoms with Gasteiger partial charge in [-0.3, -0.25) is 4.79 Å². The minimum Gasteiger partial charge on any atom is -0.347 e. The number of para-hydroxylation sites is 1. The predicted octanol–water partition coefficient (Wildman–Crippen LogP) is 5.31. The molecule has 1 fully saturated rings. The molecule has 0 saturated carbocycles. The van der Waals surface area contributed by atoms with Gasteiger partial charge in [-0.1, -0.05) is 18.2 Å². The highest BCUT2D eigenvalue weighted by molar-refractivity contribution is 5.94. The van der Waals surface area contributed by atoms with E-state index in [-0.39, 0.29) is 11.8 Å². The van der Waals surface area contributed by atoms with E-state index in [4.69, 9.17) is 0 Å². The van der Waals surface area contributed by atoms with E-state index in [0.29, 0.717) is 18.7 Å². The lowest BCUT2D eigenvalue weighted by Gasteiger charge is -2.17. The van der Waals surface area contributed by atoms with Crippen LogP contribution in [0.2, 0.25) is 0 Å². The summed E-state index contributed by atoms with van der Waals surface area (Å²) >= 11 is 0. The molecule has 3 nitrogen and oxygen atoms in total. The van der Waals surface area contributed by atoms with Crippen molar-refractivity contribution in [1.82, 2.24) is 9.47 Å². The Balaban J connectivity index is 1.54. The summed E-state index contributed by atoms with van der Waals surface area (Å²) in [5, 5.41) is 1.21. The van der Waals surface area contributed by atoms with Crippen LogP contribution in [-0.2, 0) is 12.7 Å². The van der Waals surface area contributed by atoms with Crippen LogP contribution in [0.3, 0.4) is 0 Å². The van der Waals surface area contributed by atoms with Crippen LogP contribution < -0.4 is 0 Å². The first-order valence-corrected chi connectivity index (χ1v) is 9.42. The van der Waals surface area contributed by atoms with Crippen LogP contribution in [0.4, 0.5) is 13.2 Å². The number of aryl methyl sites for hydroxylation is 1. The van der Waals surface area contributed by atoms with E-state index >= 15 is 0 Å². The second-order valence-electron chi connectivity index (χ2n) is 7.20. The van der Waals surface area contributed by atoms with E-state index in [0.717, 1.165) is 25.1 Å². The van der Waals surface area contributed by atoms with Gasteiger partial charge in [-0.05, 0) is 49.2 Å². The summed E-state index contributed by atoms with van der Waals surface area (Å²) in [5.41, 5.74) is 1.98. The number of carbonyl (C=O) groups is 1. The van der Waals surface area contributed by atoms with E-state index < -0.39 is 11.7 Å². The second kappa shape index (κ2) is 7.00. The van der Waals surface area contributed by atoms with Crippen LogP contribution in [0.15, 0.2) is 54.7 Å². The maximum absolute atomic E-state index is 12.7. The molecule has 0 radical (unpaired) electrons. The van der Waals surface area contributed by atoms with Crippen LogP contribution in [0, 0.1) is 0 Å². The summed E-state index contributed by atoms with van der Waals surface area (Å²) in [4.78, 5) is 14.5. The first-order chi connectivity index (χ1) is 13.4. The van der Waals surface area contributed by atoms with Crippen LogP contribution in [-0.4, -0.2) is 28.5 Å². The van der Waals surface area contributed by atoms with Gasteiger partial charge in [-0.15, -0.1) is 0 Å². The maximum atomic E-state index is 12.7. The lowest BCUT2D eigenvalue weighted by Crippen LogP contribution is -2.28. The average Bonchev–Trinajstić information content (AvgIpc) is 3.31. The fourth-order valence-electron chi connectivity index (χ4n) is 4.05. The molecule has 1 aliphatic rings. The fraction of sp³-hybridized carbons (Fsp3) is 0.318. The van der Waals surface area contributed by atoms with Crippen molar-refractivity contribution in [3.63, 3.8) is 0 Å². The first kappa shape index (κ1) is 18.6. The van der Waals surface area contributed by atoms with Crippen molar-refractivity contribution < 1.29 is 18.0 Å². The fourth-order valence-corrected chi connectivity index (χ4v) is 4.05. The largest absolute Gasteiger partial charge is 0.416 e. The van der Waals surface area contributed by atoms with Gasteiger partial charge in [0.15, 0.2) is 0 Å². The molecule has 6 heteroatoms. The van der Waals surface area contributed by atoms with Crippen molar-refractivity contribution in [3.05, 3.63) is 71.4 Å². The topological polar surface area (TPSA) is 25.2 Å². The SMILES string of the molecule is CCn1cc(C2CCN(C(=O)c3ccc(C(F)(F)F)cc3)C2)c2ccccc21. The lowest BCUT2D eigenvalue weighted by atomic mass is 9.98. The summed E-state index contributed by atoms with van der Waals surface area (Å²) in [5.74, 6) is 0.0200. The number of aromatic nitrogens is 1. The van der Waals surface area contributed by atoms with E-state index in [1.54, 1.807) is 4.90 Å². The molecule has 2 aromatic carbocycles. The smallest absolute Gasteiger partial charge is 0.347 e. The molecule has 28 heavy (non-hydrogen) atoms. The number of nitrogens with zero attached hydrogens (tertiary/aromatic N) is 2. The van der Waals surface area contributed by atoms with Crippen LogP contribution in [0.1, 0.15) is 40.7 Å². The van der Waals surface area contributed by atoms with Gasteiger partial charge in [0.05, 0.1) is 5.56 Å². The zero-order valence-corrected chi connectivity index (χ0v) is 15.5. The first-order valence-electron chi connectivity index (χ1n) is 9.42. The molecule has 1 aliphatic heterocycles. The summed E-state index contributed by atoms with van der Waals surface area (Å²) in [6.45, 7) is 4.17. The number of fused-ring (bicyclic) bond motifs is 1. The van der Waals surface area contributed by atoms with Gasteiger partial charge in [0.2, 0.25) is 0 Å². The number of amides is 1. The Labute approximate surface area is 161 Å². The highest BCUT2D eigenvalue weighted by atomic mass is 19.4. The standard InChI is InChI=1S/C22H21F3N2O/c1-2-26-14-19(18-5-3-4-6-20(18)26)16-11-12-27(13-16)21(28)15-7-9-17(10-8-15)22(23,24)25/h3-10,14,16H,2,11-13H2,1H3. The van der Waals surface area contributed by atoms with Crippen molar-refractivity contribution in [3.8, 4) is 0 Å². The monoisotopic (exact) mass is 386 g/mol. The third kappa shape index (κ3) is 3.28. The van der Waals surface area contributed by atoms with Crippen LogP contribution in [0.25, 0.3) is 10.9 Å². The van der Waals surface area contributed by atoms with E-state index in [9.17, 15) is 18.0 Å². The number of carbonyl (C=O) groups excluding carboxylic acids is 1. The molecule has 1 saturated heterocycles. The van der Waals surface area contributed by atoms with E-state index in [1.165, 1.54) is 28.6 Å². The van der Waals surface area contributed by atoms with Gasteiger partial charge in [0.25, 0.3) is 5.91 Å². The molecule has 1 amide bonds. The Kier molecular flexibility index (Phi) is 4.65. The summed E-state index contributed by atoms with van der Waals surface area (Å²) in [7, 11) is 0. The third-order valence-corrected chi connectivity index (χ3v) is 5.53. The molecule has 1 aromatic heterocycles. The van der Waals surface area contributed by atoms with Gasteiger partial charge >= 0.3 is 6.18 Å². The van der Waals surface area contributed by atoms with Gasteiger partial charge < -0.3 is 9.47 Å². The zero-order valence-electron chi connectivity index (χ0n) is 15.5. The van der Waals surface area contributed by atoms with Gasteiger partial charge in [0.1, 0.15) is 0 Å². The van der Waals surface area contributed by atoms with Crippen molar-refractivity contribution in [2.45, 2.75) is 32.0 Å². The minimum absolute atomic E-state index is 0.213. The molecule has 0 spiro atoms. The molecule has 1 unspecified atom stereocenters. The zero-order chi connectivity index (χ0) is 19.9. The molecule has 0 bridgehead atoms. The van der Waals surface area contributed by atoms with Crippen LogP contribution >= 0.6 is 0 Å². The molecule has 1 atom stereocenters. The van der Waals surface area contributed by atoms with Crippen molar-refractivity contribution in [2.75, 3.05) is 13.1 Å². The minimum atomic E-state index is -4.40. The number of halogens is 3. The number of rotatable bonds is 3. The van der Waals surface area contributed by atoms with Gasteiger partial charge in [-0.25, -0.2) is 0 Å². The number of alkyl halides is 3. The summed E-state index contributed by atoms with van der Waals surface area (Å²) < 4.78 is 40.4. The van der Waals surface area contributed by atoms with Gasteiger partial charge in [0, 0.05) is 48.2 Å². The maximum Gasteiger partial charge on any atom is 0.416 e. The number of hydrogen-bond acceptors (Lipinski definition) is 1. The van der Waals surface area contributed by atoms with Crippen LogP contribution in [0.5, 0.6) is 0 Å². The number of likely N-dealkylation sites (tertiary alicyclic amines) is 1. The predicted molar refractivity (Wildman–Crippen MR) is 102 cm³/mol. The Morgan fingerprint density at radius 3 is 2.50 bits per heavy atom. The summed E-state index contributed by atoms with van der Waals surface area (Å²) in [6.07, 6.45) is -1.38. The molecular formula is C22H21F3N2O. The number of hydrogen-bond donors (Lipinski definition) is 0. The Morgan fingerprint density at radius 2 is 1.82 bits per heavy atom. The van der Waals surface area contributed by atoms with Crippen molar-refractivity contribution in [2.24, 2.45) is 0 Å². The Bertz CT molecular complexity index is 1000. The highest BCUT2D eigenvalue weighted by Crippen LogP contribution is 2.35. The average molecular weight is 386 g/mol. The normalized spacial score (nSPS) is 17.4. The summed E-state index contributed by atoms with van der Waals surface area (Å²) in [6, 6.07) is 12.7. The molecular weight excluding hydrogens is 365 g/mol. The molecule has 0 N–H and O–H groups in total. The van der Waals surface area contributed by atoms with Crippen molar-refractivity contribution in [1.29, 1.82) is 0 Å². The Hall–Kier alpha value is -2.76. The van der Waals surface area contributed by atoms with Gasteiger partial charge in [-0.2, -0.15) is 13.2 Å². The molecule has 146 valence electrons. The molecule has 4 rings (SSSR count). The lowest BCUT2D eigenvalue weighted by molar-refractivity contribution is -0.137. The Morgan fingerprint density at radius 1 is 1.11 bits per heavy atom. The molecule has 3 aromatic rings. The second-order valence-corrected chi connectivity index (χ2v) is 7.20. The van der Waals surface area contributed by atoms with E-state index in [2.05, 4.69) is 29.8 Å². The van der Waals surface area contributed by atoms with E-state index in [1.807, 2.05) is 12.1 Å². The quantitative estimate of drug-likeness (QED) is 0.599. The highest BCUT2D eigenvalue weighted by Gasteiger charge is 2.32. The third-order valence-electron chi connectivity index (χ3n) is 5.53. The molecule has 2 heterocycles. The molecule has 0 aliphatic carbocycles. The van der Waals surface area contributed by atoms with Crippen molar-refractivity contribution >= 4 is 16.8 Å².